The monoisotopic (exact) mass is 308 g/mol. The van der Waals surface area contributed by atoms with Crippen molar-refractivity contribution in [3.63, 3.8) is 0 Å². The van der Waals surface area contributed by atoms with Gasteiger partial charge in [-0.15, -0.1) is 0 Å². The molecule has 0 amide bonds. The summed E-state index contributed by atoms with van der Waals surface area (Å²) < 4.78 is 26.6. The first-order chi connectivity index (χ1) is 10.0. The Morgan fingerprint density at radius 3 is 2.67 bits per heavy atom. The maximum atomic E-state index is 13.5. The summed E-state index contributed by atoms with van der Waals surface area (Å²) in [7, 11) is 0. The Bertz CT molecular complexity index is 701. The Morgan fingerprint density at radius 1 is 1.24 bits per heavy atom. The molecule has 0 aromatic heterocycles. The van der Waals surface area contributed by atoms with Crippen LogP contribution in [-0.4, -0.2) is 11.7 Å². The second-order valence-electron chi connectivity index (χ2n) is 4.37. The molecule has 0 heterocycles. The highest BCUT2D eigenvalue weighted by molar-refractivity contribution is 6.33. The van der Waals surface area contributed by atoms with Crippen LogP contribution in [0.2, 0.25) is 5.02 Å². The summed E-state index contributed by atoms with van der Waals surface area (Å²) in [6.45, 7) is -0.0496. The first-order valence-corrected chi connectivity index (χ1v) is 6.45. The normalized spacial score (nSPS) is 11.8. The fourth-order valence-electron chi connectivity index (χ4n) is 1.81. The summed E-state index contributed by atoms with van der Waals surface area (Å²) in [6.07, 6.45) is -1.23. The molecule has 1 atom stereocenters. The minimum absolute atomic E-state index is 0.0496. The number of nitriles is 1. The van der Waals surface area contributed by atoms with E-state index < -0.39 is 17.7 Å². The maximum Gasteiger partial charge on any atom is 0.129 e. The van der Waals surface area contributed by atoms with Gasteiger partial charge in [0, 0.05) is 12.1 Å². The third-order valence-electron chi connectivity index (χ3n) is 2.90. The second-order valence-corrected chi connectivity index (χ2v) is 4.78. The molecule has 108 valence electrons. The number of anilines is 1. The minimum Gasteiger partial charge on any atom is -0.386 e. The molecule has 0 spiro atoms. The Balaban J connectivity index is 2.09. The first-order valence-electron chi connectivity index (χ1n) is 6.08. The van der Waals surface area contributed by atoms with E-state index in [9.17, 15) is 13.9 Å². The summed E-state index contributed by atoms with van der Waals surface area (Å²) in [5, 5.41) is 21.8. The molecule has 3 nitrogen and oxygen atoms in total. The first kappa shape index (κ1) is 15.2. The van der Waals surface area contributed by atoms with Crippen LogP contribution >= 0.6 is 11.6 Å². The lowest BCUT2D eigenvalue weighted by molar-refractivity contribution is 0.186. The topological polar surface area (TPSA) is 56.0 Å². The van der Waals surface area contributed by atoms with Crippen LogP contribution < -0.4 is 5.32 Å². The number of nitrogens with zero attached hydrogens (tertiary/aromatic N) is 1. The van der Waals surface area contributed by atoms with Crippen LogP contribution in [0.3, 0.4) is 0 Å². The van der Waals surface area contributed by atoms with Crippen molar-refractivity contribution in [1.29, 1.82) is 5.26 Å². The van der Waals surface area contributed by atoms with Gasteiger partial charge in [-0.2, -0.15) is 5.26 Å². The summed E-state index contributed by atoms with van der Waals surface area (Å²) in [6, 6.07) is 9.45. The van der Waals surface area contributed by atoms with Crippen molar-refractivity contribution in [2.45, 2.75) is 6.10 Å². The van der Waals surface area contributed by atoms with Crippen LogP contribution in [0.15, 0.2) is 36.4 Å². The number of aliphatic hydroxyl groups is 1. The zero-order valence-electron chi connectivity index (χ0n) is 10.8. The van der Waals surface area contributed by atoms with Crippen LogP contribution in [-0.2, 0) is 0 Å². The van der Waals surface area contributed by atoms with Gasteiger partial charge in [0.25, 0.3) is 0 Å². The van der Waals surface area contributed by atoms with Crippen molar-refractivity contribution >= 4 is 17.3 Å². The molecule has 2 aromatic carbocycles. The Morgan fingerprint density at radius 2 is 2.00 bits per heavy atom. The van der Waals surface area contributed by atoms with Crippen molar-refractivity contribution in [2.24, 2.45) is 0 Å². The summed E-state index contributed by atoms with van der Waals surface area (Å²) in [5.74, 6) is -1.31. The Hall–Kier alpha value is -2.16. The molecule has 0 saturated carbocycles. The van der Waals surface area contributed by atoms with E-state index in [2.05, 4.69) is 5.32 Å². The fourth-order valence-corrected chi connectivity index (χ4v) is 2.06. The third kappa shape index (κ3) is 3.69. The maximum absolute atomic E-state index is 13.5. The number of nitrogens with one attached hydrogen (secondary N) is 1. The highest BCUT2D eigenvalue weighted by Crippen LogP contribution is 2.24. The third-order valence-corrected chi connectivity index (χ3v) is 3.21. The van der Waals surface area contributed by atoms with Crippen LogP contribution in [0.5, 0.6) is 0 Å². The van der Waals surface area contributed by atoms with Gasteiger partial charge in [-0.05, 0) is 36.4 Å². The van der Waals surface area contributed by atoms with Crippen molar-refractivity contribution in [3.8, 4) is 6.07 Å². The molecule has 2 N–H and O–H groups in total. The van der Waals surface area contributed by atoms with Gasteiger partial charge in [-0.3, -0.25) is 0 Å². The number of hydrogen-bond donors (Lipinski definition) is 2. The highest BCUT2D eigenvalue weighted by Gasteiger charge is 2.14. The van der Waals surface area contributed by atoms with Crippen molar-refractivity contribution < 1.29 is 13.9 Å². The van der Waals surface area contributed by atoms with Crippen molar-refractivity contribution in [3.05, 3.63) is 64.2 Å². The molecule has 0 bridgehead atoms. The van der Waals surface area contributed by atoms with Crippen LogP contribution in [0, 0.1) is 23.0 Å². The van der Waals surface area contributed by atoms with Gasteiger partial charge >= 0.3 is 0 Å². The van der Waals surface area contributed by atoms with Crippen molar-refractivity contribution in [1.82, 2.24) is 0 Å². The zero-order chi connectivity index (χ0) is 15.4. The summed E-state index contributed by atoms with van der Waals surface area (Å²) in [5.41, 5.74) is 0.765. The van der Waals surface area contributed by atoms with Crippen molar-refractivity contribution in [2.75, 3.05) is 11.9 Å². The lowest BCUT2D eigenvalue weighted by Crippen LogP contribution is -2.14. The molecule has 6 heteroatoms. The van der Waals surface area contributed by atoms with E-state index >= 15 is 0 Å². The number of halogens is 3. The van der Waals surface area contributed by atoms with E-state index in [-0.39, 0.29) is 12.1 Å². The molecule has 2 aromatic rings. The molecular weight excluding hydrogens is 298 g/mol. The lowest BCUT2D eigenvalue weighted by Gasteiger charge is -2.15. The SMILES string of the molecule is N#Cc1ccc(NCC(O)c2cc(F)ccc2F)c(Cl)c1. The average Bonchev–Trinajstić information content (AvgIpc) is 2.48. The van der Waals surface area contributed by atoms with E-state index in [1.807, 2.05) is 6.07 Å². The number of aliphatic hydroxyl groups excluding tert-OH is 1. The highest BCUT2D eigenvalue weighted by atomic mass is 35.5. The second kappa shape index (κ2) is 6.53. The molecule has 21 heavy (non-hydrogen) atoms. The van der Waals surface area contributed by atoms with E-state index in [0.29, 0.717) is 16.3 Å². The predicted molar refractivity (Wildman–Crippen MR) is 76.0 cm³/mol. The average molecular weight is 309 g/mol. The molecule has 0 fully saturated rings. The van der Waals surface area contributed by atoms with Gasteiger partial charge in [-0.25, -0.2) is 8.78 Å². The van der Waals surface area contributed by atoms with E-state index in [4.69, 9.17) is 16.9 Å². The number of benzene rings is 2. The molecular formula is C15H11ClF2N2O. The molecule has 2 rings (SSSR count). The van der Waals surface area contributed by atoms with Crippen LogP contribution in [0.4, 0.5) is 14.5 Å². The van der Waals surface area contributed by atoms with E-state index in [0.717, 1.165) is 18.2 Å². The Kier molecular flexibility index (Phi) is 4.73. The number of hydrogen-bond acceptors (Lipinski definition) is 3. The number of rotatable bonds is 4. The van der Waals surface area contributed by atoms with Gasteiger partial charge in [0.2, 0.25) is 0 Å². The van der Waals surface area contributed by atoms with Gasteiger partial charge in [-0.1, -0.05) is 11.6 Å². The molecule has 0 aliphatic heterocycles. The molecule has 1 unspecified atom stereocenters. The standard InChI is InChI=1S/C15H11ClF2N2O/c16-12-5-9(7-19)1-4-14(12)20-8-15(21)11-6-10(17)2-3-13(11)18/h1-6,15,20-21H,8H2. The van der Waals surface area contributed by atoms with Crippen LogP contribution in [0.25, 0.3) is 0 Å². The molecule has 0 aliphatic rings. The summed E-state index contributed by atoms with van der Waals surface area (Å²) in [4.78, 5) is 0. The quantitative estimate of drug-likeness (QED) is 0.906. The molecule has 0 radical (unpaired) electrons. The Labute approximate surface area is 125 Å². The predicted octanol–water partition coefficient (Wildman–Crippen LogP) is 3.64. The van der Waals surface area contributed by atoms with E-state index in [1.165, 1.54) is 6.07 Å². The molecule has 0 aliphatic carbocycles. The van der Waals surface area contributed by atoms with Gasteiger partial charge in [0.05, 0.1) is 28.4 Å². The summed E-state index contributed by atoms with van der Waals surface area (Å²) >= 11 is 5.96. The largest absolute Gasteiger partial charge is 0.386 e. The van der Waals surface area contributed by atoms with Gasteiger partial charge in [0.1, 0.15) is 11.6 Å². The van der Waals surface area contributed by atoms with Crippen LogP contribution in [0.1, 0.15) is 17.2 Å². The van der Waals surface area contributed by atoms with Gasteiger partial charge in [0.15, 0.2) is 0 Å². The lowest BCUT2D eigenvalue weighted by atomic mass is 10.1. The smallest absolute Gasteiger partial charge is 0.129 e. The molecule has 0 saturated heterocycles. The van der Waals surface area contributed by atoms with Gasteiger partial charge < -0.3 is 10.4 Å². The zero-order valence-corrected chi connectivity index (χ0v) is 11.5. The fraction of sp³-hybridized carbons (Fsp3) is 0.133. The van der Waals surface area contributed by atoms with E-state index in [1.54, 1.807) is 12.1 Å². The minimum atomic E-state index is -1.23.